The molecule has 24 heavy (non-hydrogen) atoms. The number of aromatic nitrogens is 1. The first kappa shape index (κ1) is 16.1. The van der Waals surface area contributed by atoms with Gasteiger partial charge in [0.2, 0.25) is 0 Å². The summed E-state index contributed by atoms with van der Waals surface area (Å²) in [7, 11) is 0. The fourth-order valence-corrected chi connectivity index (χ4v) is 2.96. The summed E-state index contributed by atoms with van der Waals surface area (Å²) in [6.07, 6.45) is 0. The van der Waals surface area contributed by atoms with Gasteiger partial charge < -0.3 is 14.6 Å². The van der Waals surface area contributed by atoms with Crippen molar-refractivity contribution < 1.29 is 9.53 Å². The van der Waals surface area contributed by atoms with Crippen LogP contribution in [0.4, 0.5) is 0 Å². The molecule has 0 aliphatic rings. The number of aryl methyl sites for hydroxylation is 1. The summed E-state index contributed by atoms with van der Waals surface area (Å²) in [6, 6.07) is 17.8. The number of nitrogens with zero attached hydrogens (tertiary/aromatic N) is 1. The summed E-state index contributed by atoms with van der Waals surface area (Å²) in [5, 5.41) is 4.21. The monoisotopic (exact) mass is 322 g/mol. The largest absolute Gasteiger partial charge is 0.493 e. The molecule has 3 rings (SSSR count). The van der Waals surface area contributed by atoms with Crippen LogP contribution in [0, 0.1) is 6.92 Å². The SMILES string of the molecule is CCOc1ccccc1C(=O)NCCn1c(C)cc2ccccc21. The lowest BCUT2D eigenvalue weighted by Gasteiger charge is -2.12. The molecule has 0 radical (unpaired) electrons. The molecule has 1 N–H and O–H groups in total. The van der Waals surface area contributed by atoms with Gasteiger partial charge in [0.05, 0.1) is 12.2 Å². The molecule has 3 aromatic rings. The Morgan fingerprint density at radius 3 is 2.71 bits per heavy atom. The molecule has 124 valence electrons. The minimum Gasteiger partial charge on any atom is -0.493 e. The maximum Gasteiger partial charge on any atom is 0.255 e. The van der Waals surface area contributed by atoms with Crippen molar-refractivity contribution in [3.05, 3.63) is 65.9 Å². The number of carbonyl (C=O) groups excluding carboxylic acids is 1. The van der Waals surface area contributed by atoms with Crippen LogP contribution in [0.15, 0.2) is 54.6 Å². The summed E-state index contributed by atoms with van der Waals surface area (Å²) in [4.78, 5) is 12.4. The van der Waals surface area contributed by atoms with Crippen molar-refractivity contribution in [1.29, 1.82) is 0 Å². The van der Waals surface area contributed by atoms with Crippen molar-refractivity contribution in [2.24, 2.45) is 0 Å². The Labute approximate surface area is 142 Å². The predicted molar refractivity (Wildman–Crippen MR) is 96.6 cm³/mol. The first-order valence-corrected chi connectivity index (χ1v) is 8.25. The zero-order chi connectivity index (χ0) is 16.9. The molecule has 0 bridgehead atoms. The van der Waals surface area contributed by atoms with E-state index >= 15 is 0 Å². The van der Waals surface area contributed by atoms with E-state index in [1.54, 1.807) is 6.07 Å². The van der Waals surface area contributed by atoms with Gasteiger partial charge >= 0.3 is 0 Å². The second-order valence-corrected chi connectivity index (χ2v) is 5.68. The molecule has 0 unspecified atom stereocenters. The van der Waals surface area contributed by atoms with E-state index in [0.717, 1.165) is 6.54 Å². The highest BCUT2D eigenvalue weighted by molar-refractivity contribution is 5.96. The van der Waals surface area contributed by atoms with Gasteiger partial charge in [0.1, 0.15) is 5.75 Å². The molecule has 2 aromatic carbocycles. The number of nitrogens with one attached hydrogen (secondary N) is 1. The molecule has 0 saturated carbocycles. The molecule has 0 spiro atoms. The van der Waals surface area contributed by atoms with Crippen molar-refractivity contribution in [1.82, 2.24) is 9.88 Å². The molecule has 0 atom stereocenters. The van der Waals surface area contributed by atoms with Crippen LogP contribution in [0.3, 0.4) is 0 Å². The molecule has 1 amide bonds. The number of carbonyl (C=O) groups is 1. The van der Waals surface area contributed by atoms with Gasteiger partial charge in [0.25, 0.3) is 5.91 Å². The molecule has 1 heterocycles. The first-order chi connectivity index (χ1) is 11.7. The predicted octanol–water partition coefficient (Wildman–Crippen LogP) is 3.78. The van der Waals surface area contributed by atoms with Crippen LogP contribution >= 0.6 is 0 Å². The lowest BCUT2D eigenvalue weighted by molar-refractivity contribution is 0.0948. The first-order valence-electron chi connectivity index (χ1n) is 8.25. The van der Waals surface area contributed by atoms with E-state index < -0.39 is 0 Å². The zero-order valence-corrected chi connectivity index (χ0v) is 14.1. The highest BCUT2D eigenvalue weighted by Crippen LogP contribution is 2.19. The Hall–Kier alpha value is -2.75. The Bertz CT molecular complexity index is 852. The van der Waals surface area contributed by atoms with E-state index in [9.17, 15) is 4.79 Å². The minimum absolute atomic E-state index is 0.104. The molecule has 0 aliphatic carbocycles. The number of amides is 1. The van der Waals surface area contributed by atoms with Gasteiger partial charge in [-0.3, -0.25) is 4.79 Å². The Morgan fingerprint density at radius 1 is 1.12 bits per heavy atom. The normalized spacial score (nSPS) is 10.8. The van der Waals surface area contributed by atoms with Gasteiger partial charge in [-0.2, -0.15) is 0 Å². The number of hydrogen-bond acceptors (Lipinski definition) is 2. The summed E-state index contributed by atoms with van der Waals surface area (Å²) in [5.41, 5.74) is 2.97. The Morgan fingerprint density at radius 2 is 1.88 bits per heavy atom. The summed E-state index contributed by atoms with van der Waals surface area (Å²) in [6.45, 7) is 5.85. The average Bonchev–Trinajstić information content (AvgIpc) is 2.91. The average molecular weight is 322 g/mol. The van der Waals surface area contributed by atoms with Crippen LogP contribution in [0.25, 0.3) is 10.9 Å². The maximum atomic E-state index is 12.4. The lowest BCUT2D eigenvalue weighted by Crippen LogP contribution is -2.27. The van der Waals surface area contributed by atoms with E-state index in [2.05, 4.69) is 35.0 Å². The van der Waals surface area contributed by atoms with Crippen LogP contribution in [0.2, 0.25) is 0 Å². The van der Waals surface area contributed by atoms with E-state index in [-0.39, 0.29) is 5.91 Å². The minimum atomic E-state index is -0.104. The molecular formula is C20H22N2O2. The fourth-order valence-electron chi connectivity index (χ4n) is 2.96. The maximum absolute atomic E-state index is 12.4. The van der Waals surface area contributed by atoms with Crippen molar-refractivity contribution in [3.63, 3.8) is 0 Å². The van der Waals surface area contributed by atoms with E-state index in [0.29, 0.717) is 24.5 Å². The Kier molecular flexibility index (Phi) is 4.85. The van der Waals surface area contributed by atoms with Gasteiger partial charge in [-0.15, -0.1) is 0 Å². The molecule has 0 fully saturated rings. The van der Waals surface area contributed by atoms with E-state index in [1.807, 2.05) is 37.3 Å². The van der Waals surface area contributed by atoms with Gasteiger partial charge in [-0.1, -0.05) is 30.3 Å². The van der Waals surface area contributed by atoms with Gasteiger partial charge in [-0.05, 0) is 43.5 Å². The van der Waals surface area contributed by atoms with Gasteiger partial charge in [0, 0.05) is 24.3 Å². The van der Waals surface area contributed by atoms with Crippen LogP contribution in [-0.2, 0) is 6.54 Å². The Balaban J connectivity index is 1.68. The summed E-state index contributed by atoms with van der Waals surface area (Å²) >= 11 is 0. The smallest absolute Gasteiger partial charge is 0.255 e. The number of benzene rings is 2. The second kappa shape index (κ2) is 7.21. The van der Waals surface area contributed by atoms with E-state index in [1.165, 1.54) is 16.6 Å². The van der Waals surface area contributed by atoms with Crippen LogP contribution < -0.4 is 10.1 Å². The third kappa shape index (κ3) is 3.27. The molecule has 1 aromatic heterocycles. The zero-order valence-electron chi connectivity index (χ0n) is 14.1. The standard InChI is InChI=1S/C20H22N2O2/c1-3-24-19-11-7-5-9-17(19)20(23)21-12-13-22-15(2)14-16-8-4-6-10-18(16)22/h4-11,14H,3,12-13H2,1-2H3,(H,21,23). The number of para-hydroxylation sites is 2. The molecule has 4 nitrogen and oxygen atoms in total. The molecule has 4 heteroatoms. The molecule has 0 aliphatic heterocycles. The van der Waals surface area contributed by atoms with E-state index in [4.69, 9.17) is 4.74 Å². The lowest BCUT2D eigenvalue weighted by atomic mass is 10.2. The van der Waals surface area contributed by atoms with Crippen molar-refractivity contribution in [2.75, 3.05) is 13.2 Å². The number of ether oxygens (including phenoxy) is 1. The fraction of sp³-hybridized carbons (Fsp3) is 0.250. The van der Waals surface area contributed by atoms with Gasteiger partial charge in [-0.25, -0.2) is 0 Å². The van der Waals surface area contributed by atoms with Crippen molar-refractivity contribution in [2.45, 2.75) is 20.4 Å². The number of hydrogen-bond donors (Lipinski definition) is 1. The number of rotatable bonds is 6. The highest BCUT2D eigenvalue weighted by atomic mass is 16.5. The molecule has 0 saturated heterocycles. The van der Waals surface area contributed by atoms with Crippen LogP contribution in [-0.4, -0.2) is 23.6 Å². The summed E-state index contributed by atoms with van der Waals surface area (Å²) < 4.78 is 7.75. The quantitative estimate of drug-likeness (QED) is 0.750. The topological polar surface area (TPSA) is 43.3 Å². The van der Waals surface area contributed by atoms with Crippen LogP contribution in [0.5, 0.6) is 5.75 Å². The van der Waals surface area contributed by atoms with Crippen LogP contribution in [0.1, 0.15) is 23.0 Å². The summed E-state index contributed by atoms with van der Waals surface area (Å²) in [5.74, 6) is 0.522. The number of fused-ring (bicyclic) bond motifs is 1. The second-order valence-electron chi connectivity index (χ2n) is 5.68. The third-order valence-electron chi connectivity index (χ3n) is 4.07. The highest BCUT2D eigenvalue weighted by Gasteiger charge is 2.11. The third-order valence-corrected chi connectivity index (χ3v) is 4.07. The van der Waals surface area contributed by atoms with Gasteiger partial charge in [0.15, 0.2) is 0 Å². The van der Waals surface area contributed by atoms with Crippen molar-refractivity contribution >= 4 is 16.8 Å². The van der Waals surface area contributed by atoms with Crippen molar-refractivity contribution in [3.8, 4) is 5.75 Å². The molecular weight excluding hydrogens is 300 g/mol.